The first-order valence-electron chi connectivity index (χ1n) is 5.78. The molecule has 0 radical (unpaired) electrons. The summed E-state index contributed by atoms with van der Waals surface area (Å²) in [5.74, 6) is 1.68. The standard InChI is InChI=1S/C12H21N3O/c1-6-10-8(3)11(13-7-2)15-12(14-10)9(4)16-5/h9H,6-7H2,1-5H3,(H,13,14,15). The molecule has 1 aromatic heterocycles. The van der Waals surface area contributed by atoms with Crippen molar-refractivity contribution < 1.29 is 4.74 Å². The molecule has 0 aliphatic carbocycles. The predicted molar refractivity (Wildman–Crippen MR) is 65.7 cm³/mol. The van der Waals surface area contributed by atoms with Crippen molar-refractivity contribution in [2.45, 2.75) is 40.2 Å². The summed E-state index contributed by atoms with van der Waals surface area (Å²) in [5, 5.41) is 3.26. The van der Waals surface area contributed by atoms with E-state index in [0.717, 1.165) is 35.9 Å². The van der Waals surface area contributed by atoms with E-state index in [1.807, 2.05) is 6.92 Å². The number of anilines is 1. The molecule has 0 bridgehead atoms. The lowest BCUT2D eigenvalue weighted by Crippen LogP contribution is -2.11. The van der Waals surface area contributed by atoms with Crippen LogP contribution >= 0.6 is 0 Å². The molecular formula is C12H21N3O. The normalized spacial score (nSPS) is 12.6. The minimum absolute atomic E-state index is 0.0664. The van der Waals surface area contributed by atoms with E-state index in [1.54, 1.807) is 7.11 Å². The Bertz CT molecular complexity index is 352. The summed E-state index contributed by atoms with van der Waals surface area (Å²) < 4.78 is 5.26. The summed E-state index contributed by atoms with van der Waals surface area (Å²) in [6.07, 6.45) is 0.846. The van der Waals surface area contributed by atoms with Gasteiger partial charge in [-0.3, -0.25) is 0 Å². The number of nitrogens with zero attached hydrogens (tertiary/aromatic N) is 2. The van der Waals surface area contributed by atoms with Gasteiger partial charge in [-0.25, -0.2) is 9.97 Å². The lowest BCUT2D eigenvalue weighted by atomic mass is 10.2. The lowest BCUT2D eigenvalue weighted by molar-refractivity contribution is 0.112. The molecule has 0 spiro atoms. The zero-order valence-corrected chi connectivity index (χ0v) is 10.8. The number of hydrogen-bond donors (Lipinski definition) is 1. The third-order valence-corrected chi connectivity index (χ3v) is 2.66. The number of aryl methyl sites for hydroxylation is 1. The molecule has 0 aliphatic heterocycles. The Hall–Kier alpha value is -1.16. The smallest absolute Gasteiger partial charge is 0.159 e. The molecule has 0 fully saturated rings. The average Bonchev–Trinajstić information content (AvgIpc) is 2.31. The highest BCUT2D eigenvalue weighted by molar-refractivity contribution is 5.45. The molecule has 0 saturated heterocycles. The van der Waals surface area contributed by atoms with E-state index >= 15 is 0 Å². The van der Waals surface area contributed by atoms with Gasteiger partial charge in [0.15, 0.2) is 5.82 Å². The van der Waals surface area contributed by atoms with Crippen molar-refractivity contribution in [2.75, 3.05) is 19.0 Å². The lowest BCUT2D eigenvalue weighted by Gasteiger charge is -2.15. The number of methoxy groups -OCH3 is 1. The Morgan fingerprint density at radius 2 is 2.00 bits per heavy atom. The fourth-order valence-corrected chi connectivity index (χ4v) is 1.55. The van der Waals surface area contributed by atoms with Crippen LogP contribution < -0.4 is 5.32 Å². The van der Waals surface area contributed by atoms with Crippen LogP contribution in [0.4, 0.5) is 5.82 Å². The molecule has 0 saturated carbocycles. The van der Waals surface area contributed by atoms with Crippen molar-refractivity contribution in [3.63, 3.8) is 0 Å². The van der Waals surface area contributed by atoms with Gasteiger partial charge in [-0.2, -0.15) is 0 Å². The first-order valence-corrected chi connectivity index (χ1v) is 5.78. The molecule has 0 aromatic carbocycles. The Morgan fingerprint density at radius 1 is 1.31 bits per heavy atom. The van der Waals surface area contributed by atoms with Gasteiger partial charge in [0.2, 0.25) is 0 Å². The van der Waals surface area contributed by atoms with Gasteiger partial charge in [-0.05, 0) is 27.2 Å². The van der Waals surface area contributed by atoms with Gasteiger partial charge in [-0.1, -0.05) is 6.92 Å². The summed E-state index contributed by atoms with van der Waals surface area (Å²) >= 11 is 0. The molecule has 1 aromatic rings. The van der Waals surface area contributed by atoms with Crippen LogP contribution in [0.3, 0.4) is 0 Å². The summed E-state index contributed by atoms with van der Waals surface area (Å²) in [6, 6.07) is 0. The highest BCUT2D eigenvalue weighted by Gasteiger charge is 2.13. The number of nitrogens with one attached hydrogen (secondary N) is 1. The highest BCUT2D eigenvalue weighted by Crippen LogP contribution is 2.20. The summed E-state index contributed by atoms with van der Waals surface area (Å²) in [6.45, 7) is 9.04. The maximum atomic E-state index is 5.26. The van der Waals surface area contributed by atoms with Crippen LogP contribution in [-0.4, -0.2) is 23.6 Å². The van der Waals surface area contributed by atoms with E-state index in [4.69, 9.17) is 4.74 Å². The van der Waals surface area contributed by atoms with Gasteiger partial charge in [-0.15, -0.1) is 0 Å². The van der Waals surface area contributed by atoms with E-state index in [1.165, 1.54) is 0 Å². The largest absolute Gasteiger partial charge is 0.374 e. The number of ether oxygens (including phenoxy) is 1. The minimum Gasteiger partial charge on any atom is -0.374 e. The number of hydrogen-bond acceptors (Lipinski definition) is 4. The molecule has 4 nitrogen and oxygen atoms in total. The van der Waals surface area contributed by atoms with Crippen LogP contribution in [0.2, 0.25) is 0 Å². The third kappa shape index (κ3) is 2.70. The van der Waals surface area contributed by atoms with Crippen molar-refractivity contribution >= 4 is 5.82 Å². The molecule has 1 atom stereocenters. The maximum absolute atomic E-state index is 5.26. The van der Waals surface area contributed by atoms with E-state index in [9.17, 15) is 0 Å². The maximum Gasteiger partial charge on any atom is 0.159 e. The zero-order chi connectivity index (χ0) is 12.1. The van der Waals surface area contributed by atoms with Gasteiger partial charge >= 0.3 is 0 Å². The van der Waals surface area contributed by atoms with Gasteiger partial charge in [0.1, 0.15) is 11.9 Å². The Morgan fingerprint density at radius 3 is 2.50 bits per heavy atom. The summed E-state index contributed by atoms with van der Waals surface area (Å²) in [7, 11) is 1.67. The van der Waals surface area contributed by atoms with Crippen LogP contribution in [-0.2, 0) is 11.2 Å². The highest BCUT2D eigenvalue weighted by atomic mass is 16.5. The molecule has 16 heavy (non-hydrogen) atoms. The number of aromatic nitrogens is 2. The van der Waals surface area contributed by atoms with Crippen LogP contribution in [0.25, 0.3) is 0 Å². The minimum atomic E-state index is -0.0664. The molecule has 1 rings (SSSR count). The molecule has 1 unspecified atom stereocenters. The predicted octanol–water partition coefficient (Wildman–Crippen LogP) is 2.49. The van der Waals surface area contributed by atoms with Crippen LogP contribution in [0, 0.1) is 6.92 Å². The molecule has 4 heteroatoms. The van der Waals surface area contributed by atoms with E-state index in [0.29, 0.717) is 0 Å². The Labute approximate surface area is 97.5 Å². The SMILES string of the molecule is CCNc1nc(C(C)OC)nc(CC)c1C. The molecule has 1 N–H and O–H groups in total. The van der Waals surface area contributed by atoms with Gasteiger partial charge in [0, 0.05) is 24.9 Å². The van der Waals surface area contributed by atoms with E-state index < -0.39 is 0 Å². The molecule has 0 aliphatic rings. The van der Waals surface area contributed by atoms with Crippen LogP contribution in [0.1, 0.15) is 44.0 Å². The van der Waals surface area contributed by atoms with E-state index in [-0.39, 0.29) is 6.10 Å². The van der Waals surface area contributed by atoms with Crippen LogP contribution in [0.5, 0.6) is 0 Å². The van der Waals surface area contributed by atoms with Crippen LogP contribution in [0.15, 0.2) is 0 Å². The van der Waals surface area contributed by atoms with Crippen molar-refractivity contribution in [2.24, 2.45) is 0 Å². The first-order chi connectivity index (χ1) is 7.63. The van der Waals surface area contributed by atoms with Gasteiger partial charge in [0.25, 0.3) is 0 Å². The molecule has 0 amide bonds. The second-order valence-electron chi connectivity index (χ2n) is 3.76. The zero-order valence-electron chi connectivity index (χ0n) is 10.8. The van der Waals surface area contributed by atoms with Gasteiger partial charge in [0.05, 0.1) is 0 Å². The summed E-state index contributed by atoms with van der Waals surface area (Å²) in [4.78, 5) is 9.02. The van der Waals surface area contributed by atoms with Gasteiger partial charge < -0.3 is 10.1 Å². The topological polar surface area (TPSA) is 47.0 Å². The Balaban J connectivity index is 3.17. The third-order valence-electron chi connectivity index (χ3n) is 2.66. The van der Waals surface area contributed by atoms with Crippen molar-refractivity contribution in [1.82, 2.24) is 9.97 Å². The van der Waals surface area contributed by atoms with Crippen molar-refractivity contribution in [1.29, 1.82) is 0 Å². The van der Waals surface area contributed by atoms with Crippen molar-refractivity contribution in [3.8, 4) is 0 Å². The summed E-state index contributed by atoms with van der Waals surface area (Å²) in [5.41, 5.74) is 2.22. The Kier molecular flexibility index (Phi) is 4.68. The fraction of sp³-hybridized carbons (Fsp3) is 0.667. The first kappa shape index (κ1) is 12.9. The fourth-order valence-electron chi connectivity index (χ4n) is 1.55. The molecule has 1 heterocycles. The van der Waals surface area contributed by atoms with Crippen molar-refractivity contribution in [3.05, 3.63) is 17.1 Å². The second kappa shape index (κ2) is 5.80. The quantitative estimate of drug-likeness (QED) is 0.833. The molecular weight excluding hydrogens is 202 g/mol. The van der Waals surface area contributed by atoms with E-state index in [2.05, 4.69) is 36.1 Å². The average molecular weight is 223 g/mol. The monoisotopic (exact) mass is 223 g/mol. The second-order valence-corrected chi connectivity index (χ2v) is 3.76. The number of rotatable bonds is 5. The molecule has 90 valence electrons.